The van der Waals surface area contributed by atoms with E-state index >= 15 is 0 Å². The number of allylic oxidation sites excluding steroid dienone is 2. The van der Waals surface area contributed by atoms with Gasteiger partial charge in [0, 0.05) is 0 Å². The van der Waals surface area contributed by atoms with E-state index in [-0.39, 0.29) is 18.9 Å². The average Bonchev–Trinajstić information content (AvgIpc) is 2.14. The summed E-state index contributed by atoms with van der Waals surface area (Å²) in [5.74, 6) is 0. The van der Waals surface area contributed by atoms with Gasteiger partial charge in [-0.15, -0.1) is 6.42 Å². The van der Waals surface area contributed by atoms with Crippen molar-refractivity contribution in [3.63, 3.8) is 0 Å². The molecule has 0 atom stereocenters. The molecule has 2 heteroatoms. The first-order chi connectivity index (χ1) is 3.43. The molecule has 0 saturated heterocycles. The minimum absolute atomic E-state index is 0. The quantitative estimate of drug-likeness (QED) is 0.290. The van der Waals surface area contributed by atoms with Crippen LogP contribution in [-0.4, -0.2) is 6.54 Å². The molecule has 0 spiro atoms. The largest absolute Gasteiger partial charge is 1.00 e. The fraction of sp³-hybridized carbons (Fsp3) is 0.333. The van der Waals surface area contributed by atoms with E-state index in [1.807, 2.05) is 6.08 Å². The first kappa shape index (κ1) is 8.04. The maximum atomic E-state index is 5.28. The molecule has 0 unspecified atom stereocenters. The monoisotopic (exact) mass is 101 g/mol. The van der Waals surface area contributed by atoms with Crippen molar-refractivity contribution >= 4 is 0 Å². The summed E-state index contributed by atoms with van der Waals surface area (Å²) >= 11 is 0. The van der Waals surface area contributed by atoms with E-state index < -0.39 is 0 Å². The van der Waals surface area contributed by atoms with Gasteiger partial charge in [0.2, 0.25) is 0 Å². The van der Waals surface area contributed by atoms with E-state index in [2.05, 4.69) is 12.2 Å². The Morgan fingerprint density at radius 3 is 2.75 bits per heavy atom. The number of rotatable bonds is 1. The molecular formula is C6H8LiN. The molecule has 0 aromatic rings. The predicted octanol–water partition coefficient (Wildman–Crippen LogP) is -2.36. The topological polar surface area (TPSA) is 26.0 Å². The van der Waals surface area contributed by atoms with Gasteiger partial charge in [-0.05, 0) is 6.54 Å². The third-order valence-electron chi connectivity index (χ3n) is 0.986. The van der Waals surface area contributed by atoms with Gasteiger partial charge in [0.15, 0.2) is 0 Å². The smallest absolute Gasteiger partial charge is 0.329 e. The van der Waals surface area contributed by atoms with Crippen LogP contribution in [0.2, 0.25) is 0 Å². The van der Waals surface area contributed by atoms with Crippen LogP contribution in [0.1, 0.15) is 6.42 Å². The SMILES string of the molecule is NCC1=[C-]CC=C1.[Li+]. The number of hydrogen-bond donors (Lipinski definition) is 1. The first-order valence-corrected chi connectivity index (χ1v) is 2.40. The Labute approximate surface area is 61.8 Å². The second-order valence-electron chi connectivity index (χ2n) is 1.51. The zero-order valence-electron chi connectivity index (χ0n) is 5.15. The van der Waals surface area contributed by atoms with E-state index in [0.29, 0.717) is 6.54 Å². The van der Waals surface area contributed by atoms with Crippen molar-refractivity contribution in [2.45, 2.75) is 6.42 Å². The van der Waals surface area contributed by atoms with Gasteiger partial charge in [-0.1, -0.05) is 0 Å². The van der Waals surface area contributed by atoms with Crippen molar-refractivity contribution in [3.8, 4) is 0 Å². The van der Waals surface area contributed by atoms with Crippen LogP contribution < -0.4 is 24.6 Å². The molecule has 0 aliphatic heterocycles. The number of nitrogens with two attached hydrogens (primary N) is 1. The van der Waals surface area contributed by atoms with Crippen molar-refractivity contribution in [2.24, 2.45) is 5.73 Å². The molecule has 0 fully saturated rings. The van der Waals surface area contributed by atoms with Gasteiger partial charge < -0.3 is 5.73 Å². The molecule has 0 aromatic heterocycles. The van der Waals surface area contributed by atoms with Crippen molar-refractivity contribution in [1.82, 2.24) is 0 Å². The van der Waals surface area contributed by atoms with Crippen LogP contribution >= 0.6 is 0 Å². The Kier molecular flexibility index (Phi) is 3.99. The zero-order valence-corrected chi connectivity index (χ0v) is 5.15. The van der Waals surface area contributed by atoms with Crippen LogP contribution in [0.3, 0.4) is 0 Å². The van der Waals surface area contributed by atoms with Crippen LogP contribution in [0.5, 0.6) is 0 Å². The maximum Gasteiger partial charge on any atom is 1.00 e. The Hall–Kier alpha value is 0.0374. The van der Waals surface area contributed by atoms with Crippen molar-refractivity contribution < 1.29 is 18.9 Å². The molecule has 38 valence electrons. The maximum absolute atomic E-state index is 5.28. The van der Waals surface area contributed by atoms with Crippen LogP contribution in [0.25, 0.3) is 0 Å². The summed E-state index contributed by atoms with van der Waals surface area (Å²) in [7, 11) is 0. The van der Waals surface area contributed by atoms with Crippen LogP contribution in [-0.2, 0) is 0 Å². The summed E-state index contributed by atoms with van der Waals surface area (Å²) in [4.78, 5) is 0. The van der Waals surface area contributed by atoms with Crippen LogP contribution in [0, 0.1) is 6.08 Å². The summed E-state index contributed by atoms with van der Waals surface area (Å²) in [6.07, 6.45) is 8.11. The van der Waals surface area contributed by atoms with Gasteiger partial charge >= 0.3 is 18.9 Å². The summed E-state index contributed by atoms with van der Waals surface area (Å²) in [6, 6.07) is 0. The summed E-state index contributed by atoms with van der Waals surface area (Å²) in [6.45, 7) is 0.635. The molecular weight excluding hydrogens is 93.0 g/mol. The molecule has 1 aliphatic carbocycles. The third kappa shape index (κ3) is 1.88. The fourth-order valence-electron chi connectivity index (χ4n) is 0.590. The van der Waals surface area contributed by atoms with Gasteiger partial charge in [-0.25, -0.2) is 11.6 Å². The third-order valence-corrected chi connectivity index (χ3v) is 0.986. The van der Waals surface area contributed by atoms with Gasteiger partial charge in [0.1, 0.15) is 0 Å². The minimum atomic E-state index is 0. The molecule has 1 nitrogen and oxygen atoms in total. The van der Waals surface area contributed by atoms with Crippen molar-refractivity contribution in [1.29, 1.82) is 0 Å². The molecule has 0 bridgehead atoms. The molecule has 8 heavy (non-hydrogen) atoms. The molecule has 2 N–H and O–H groups in total. The fourth-order valence-corrected chi connectivity index (χ4v) is 0.590. The predicted molar refractivity (Wildman–Crippen MR) is 29.6 cm³/mol. The Bertz CT molecular complexity index is 116. The van der Waals surface area contributed by atoms with Crippen LogP contribution in [0.15, 0.2) is 17.7 Å². The number of hydrogen-bond acceptors (Lipinski definition) is 1. The summed E-state index contributed by atoms with van der Waals surface area (Å²) < 4.78 is 0. The molecule has 0 amide bonds. The molecule has 0 aromatic carbocycles. The van der Waals surface area contributed by atoms with Gasteiger partial charge in [-0.2, -0.15) is 6.08 Å². The normalized spacial score (nSPS) is 15.4. The van der Waals surface area contributed by atoms with E-state index in [1.165, 1.54) is 0 Å². The van der Waals surface area contributed by atoms with Crippen molar-refractivity contribution in [2.75, 3.05) is 6.54 Å². The van der Waals surface area contributed by atoms with E-state index in [4.69, 9.17) is 5.73 Å². The molecule has 0 saturated carbocycles. The van der Waals surface area contributed by atoms with Crippen LogP contribution in [0.4, 0.5) is 0 Å². The van der Waals surface area contributed by atoms with E-state index in [0.717, 1.165) is 12.0 Å². The second kappa shape index (κ2) is 3.97. The van der Waals surface area contributed by atoms with Crippen molar-refractivity contribution in [3.05, 3.63) is 23.8 Å². The zero-order chi connectivity index (χ0) is 5.11. The standard InChI is InChI=1S/C6H8N.Li/c7-5-6-3-1-2-4-6;/h1,3H,2,5,7H2;/q-1;+1. The minimum Gasteiger partial charge on any atom is -0.329 e. The first-order valence-electron chi connectivity index (χ1n) is 2.40. The van der Waals surface area contributed by atoms with Gasteiger partial charge in [0.05, 0.1) is 0 Å². The summed E-state index contributed by atoms with van der Waals surface area (Å²) in [5, 5.41) is 0. The molecule has 1 aliphatic rings. The average molecular weight is 101 g/mol. The van der Waals surface area contributed by atoms with E-state index in [9.17, 15) is 0 Å². The molecule has 0 heterocycles. The summed E-state index contributed by atoms with van der Waals surface area (Å²) in [5.41, 5.74) is 6.42. The van der Waals surface area contributed by atoms with Gasteiger partial charge in [0.25, 0.3) is 0 Å². The second-order valence-corrected chi connectivity index (χ2v) is 1.51. The molecule has 0 radical (unpaired) electrons. The molecule has 1 rings (SSSR count). The van der Waals surface area contributed by atoms with Gasteiger partial charge in [-0.3, -0.25) is 6.08 Å². The Balaban J connectivity index is 0.000000490. The van der Waals surface area contributed by atoms with E-state index in [1.54, 1.807) is 0 Å². The Morgan fingerprint density at radius 1 is 1.75 bits per heavy atom. The Morgan fingerprint density at radius 2 is 2.50 bits per heavy atom.